The Bertz CT molecular complexity index is 800. The second kappa shape index (κ2) is 8.89. The fraction of sp³-hybridized carbons (Fsp3) is 0.444. The molecular formula is C18H22N6O3. The lowest BCUT2D eigenvalue weighted by molar-refractivity contribution is -0.152. The molecule has 9 heteroatoms. The molecular weight excluding hydrogens is 348 g/mol. The Morgan fingerprint density at radius 2 is 2.04 bits per heavy atom. The molecule has 2 aromatic rings. The van der Waals surface area contributed by atoms with Crippen LogP contribution in [-0.2, 0) is 20.7 Å². The van der Waals surface area contributed by atoms with Crippen LogP contribution in [0.1, 0.15) is 32.4 Å². The van der Waals surface area contributed by atoms with Gasteiger partial charge in [0.05, 0.1) is 6.07 Å². The van der Waals surface area contributed by atoms with E-state index in [1.807, 2.05) is 44.2 Å². The van der Waals surface area contributed by atoms with Gasteiger partial charge in [-0.2, -0.15) is 5.26 Å². The summed E-state index contributed by atoms with van der Waals surface area (Å²) in [4.78, 5) is 24.6. The van der Waals surface area contributed by atoms with Gasteiger partial charge in [-0.15, -0.1) is 5.10 Å². The average Bonchev–Trinajstić information content (AvgIpc) is 3.19. The monoisotopic (exact) mass is 370 g/mol. The van der Waals surface area contributed by atoms with Gasteiger partial charge in [-0.3, -0.25) is 4.79 Å². The summed E-state index contributed by atoms with van der Waals surface area (Å²) >= 11 is 0. The number of amides is 1. The van der Waals surface area contributed by atoms with Crippen LogP contribution in [0.4, 0.5) is 0 Å². The summed E-state index contributed by atoms with van der Waals surface area (Å²) in [6, 6.07) is 10.6. The van der Waals surface area contributed by atoms with E-state index in [0.717, 1.165) is 5.56 Å². The number of rotatable bonds is 8. The lowest BCUT2D eigenvalue weighted by Gasteiger charge is -2.27. The van der Waals surface area contributed by atoms with Crippen LogP contribution >= 0.6 is 0 Å². The van der Waals surface area contributed by atoms with Crippen molar-refractivity contribution >= 4 is 11.9 Å². The Labute approximate surface area is 157 Å². The maximum atomic E-state index is 12.5. The van der Waals surface area contributed by atoms with Crippen molar-refractivity contribution in [3.63, 3.8) is 0 Å². The largest absolute Gasteiger partial charge is 0.454 e. The summed E-state index contributed by atoms with van der Waals surface area (Å²) in [5.41, 5.74) is -0.140. The number of nitrogens with one attached hydrogen (secondary N) is 1. The lowest BCUT2D eigenvalue weighted by Crippen LogP contribution is -2.50. The molecule has 1 amide bonds. The topological polar surface area (TPSA) is 123 Å². The number of carbonyl (C=O) groups excluding carboxylic acids is 2. The fourth-order valence-electron chi connectivity index (χ4n) is 2.29. The third-order valence-electron chi connectivity index (χ3n) is 4.36. The maximum Gasteiger partial charge on any atom is 0.331 e. The first-order valence-electron chi connectivity index (χ1n) is 8.51. The van der Waals surface area contributed by atoms with Crippen molar-refractivity contribution in [3.05, 3.63) is 42.2 Å². The number of nitriles is 1. The van der Waals surface area contributed by atoms with Gasteiger partial charge < -0.3 is 10.1 Å². The van der Waals surface area contributed by atoms with Crippen LogP contribution in [-0.4, -0.2) is 44.2 Å². The molecule has 27 heavy (non-hydrogen) atoms. The van der Waals surface area contributed by atoms with Crippen LogP contribution in [0.5, 0.6) is 0 Å². The van der Waals surface area contributed by atoms with E-state index in [-0.39, 0.29) is 5.92 Å². The van der Waals surface area contributed by atoms with Crippen molar-refractivity contribution in [2.24, 2.45) is 5.92 Å². The average molecular weight is 370 g/mol. The SMILES string of the molecule is CC(C)[C@@](C)(C#N)NC(=O)COC(=O)[C@H](Cc1ccccc1)n1cnnn1. The van der Waals surface area contributed by atoms with Crippen molar-refractivity contribution in [2.45, 2.75) is 38.8 Å². The van der Waals surface area contributed by atoms with Gasteiger partial charge in [0.1, 0.15) is 11.9 Å². The van der Waals surface area contributed by atoms with E-state index in [1.54, 1.807) is 6.92 Å². The van der Waals surface area contributed by atoms with Crippen LogP contribution in [0.15, 0.2) is 36.7 Å². The fourth-order valence-corrected chi connectivity index (χ4v) is 2.29. The van der Waals surface area contributed by atoms with Gasteiger partial charge in [-0.1, -0.05) is 44.2 Å². The van der Waals surface area contributed by atoms with Crippen molar-refractivity contribution < 1.29 is 14.3 Å². The van der Waals surface area contributed by atoms with E-state index in [0.29, 0.717) is 6.42 Å². The summed E-state index contributed by atoms with van der Waals surface area (Å²) in [7, 11) is 0. The molecule has 0 unspecified atom stereocenters. The molecule has 1 N–H and O–H groups in total. The number of carbonyl (C=O) groups is 2. The molecule has 0 spiro atoms. The van der Waals surface area contributed by atoms with Crippen molar-refractivity contribution in [3.8, 4) is 6.07 Å². The predicted molar refractivity (Wildman–Crippen MR) is 95.0 cm³/mol. The first kappa shape index (κ1) is 20.0. The minimum absolute atomic E-state index is 0.103. The molecule has 0 radical (unpaired) electrons. The molecule has 1 aromatic carbocycles. The lowest BCUT2D eigenvalue weighted by atomic mass is 9.90. The molecule has 0 fully saturated rings. The Kier molecular flexibility index (Phi) is 6.60. The molecule has 9 nitrogen and oxygen atoms in total. The molecule has 0 aliphatic rings. The van der Waals surface area contributed by atoms with E-state index >= 15 is 0 Å². The number of nitrogens with zero attached hydrogens (tertiary/aromatic N) is 5. The van der Waals surface area contributed by atoms with E-state index < -0.39 is 30.1 Å². The molecule has 142 valence electrons. The highest BCUT2D eigenvalue weighted by Crippen LogP contribution is 2.16. The smallest absolute Gasteiger partial charge is 0.331 e. The highest BCUT2D eigenvalue weighted by molar-refractivity contribution is 5.82. The molecule has 0 bridgehead atoms. The summed E-state index contributed by atoms with van der Waals surface area (Å²) in [5, 5.41) is 22.7. The number of benzene rings is 1. The highest BCUT2D eigenvalue weighted by Gasteiger charge is 2.31. The zero-order valence-corrected chi connectivity index (χ0v) is 15.5. The van der Waals surface area contributed by atoms with Gasteiger partial charge in [-0.25, -0.2) is 9.48 Å². The van der Waals surface area contributed by atoms with Crippen LogP contribution in [0.3, 0.4) is 0 Å². The zero-order chi connectivity index (χ0) is 19.9. The molecule has 1 heterocycles. The highest BCUT2D eigenvalue weighted by atomic mass is 16.5. The number of esters is 1. The minimum atomic E-state index is -1.04. The van der Waals surface area contributed by atoms with Crippen molar-refractivity contribution in [2.75, 3.05) is 6.61 Å². The summed E-state index contributed by atoms with van der Waals surface area (Å²) in [6.07, 6.45) is 1.63. The van der Waals surface area contributed by atoms with Gasteiger partial charge in [0.15, 0.2) is 12.6 Å². The number of aromatic nitrogens is 4. The maximum absolute atomic E-state index is 12.5. The molecule has 0 aliphatic carbocycles. The molecule has 2 rings (SSSR count). The van der Waals surface area contributed by atoms with Gasteiger partial charge in [0.25, 0.3) is 5.91 Å². The molecule has 2 atom stereocenters. The zero-order valence-electron chi connectivity index (χ0n) is 15.5. The Morgan fingerprint density at radius 3 is 2.59 bits per heavy atom. The normalized spacial score (nSPS) is 14.0. The number of ether oxygens (including phenoxy) is 1. The van der Waals surface area contributed by atoms with Crippen molar-refractivity contribution in [1.82, 2.24) is 25.5 Å². The first-order chi connectivity index (χ1) is 12.9. The third-order valence-corrected chi connectivity index (χ3v) is 4.36. The summed E-state index contributed by atoms with van der Waals surface area (Å²) in [5.74, 6) is -1.28. The molecule has 0 aliphatic heterocycles. The molecule has 0 saturated heterocycles. The van der Waals surface area contributed by atoms with Gasteiger partial charge >= 0.3 is 5.97 Å². The van der Waals surface area contributed by atoms with E-state index in [1.165, 1.54) is 11.0 Å². The minimum Gasteiger partial charge on any atom is -0.454 e. The van der Waals surface area contributed by atoms with Crippen LogP contribution in [0.2, 0.25) is 0 Å². The van der Waals surface area contributed by atoms with Crippen LogP contribution in [0.25, 0.3) is 0 Å². The van der Waals surface area contributed by atoms with Gasteiger partial charge in [0.2, 0.25) is 0 Å². The van der Waals surface area contributed by atoms with Crippen LogP contribution < -0.4 is 5.32 Å². The molecule has 0 saturated carbocycles. The Morgan fingerprint density at radius 1 is 1.33 bits per heavy atom. The van der Waals surface area contributed by atoms with Crippen LogP contribution in [0, 0.1) is 17.2 Å². The van der Waals surface area contributed by atoms with Gasteiger partial charge in [-0.05, 0) is 28.8 Å². The summed E-state index contributed by atoms with van der Waals surface area (Å²) in [6.45, 7) is 4.78. The quantitative estimate of drug-likeness (QED) is 0.689. The van der Waals surface area contributed by atoms with E-state index in [2.05, 4.69) is 26.9 Å². The number of tetrazole rings is 1. The second-order valence-electron chi connectivity index (χ2n) is 6.62. The Hall–Kier alpha value is -3.28. The second-order valence-corrected chi connectivity index (χ2v) is 6.62. The first-order valence-corrected chi connectivity index (χ1v) is 8.51. The third kappa shape index (κ3) is 5.34. The summed E-state index contributed by atoms with van der Waals surface area (Å²) < 4.78 is 6.45. The number of hydrogen-bond donors (Lipinski definition) is 1. The van der Waals surface area contributed by atoms with E-state index in [9.17, 15) is 14.9 Å². The molecule has 1 aromatic heterocycles. The van der Waals surface area contributed by atoms with Gasteiger partial charge in [0, 0.05) is 6.42 Å². The van der Waals surface area contributed by atoms with Crippen molar-refractivity contribution in [1.29, 1.82) is 5.26 Å². The number of hydrogen-bond acceptors (Lipinski definition) is 7. The predicted octanol–water partition coefficient (Wildman–Crippen LogP) is 1.05. The van der Waals surface area contributed by atoms with E-state index in [4.69, 9.17) is 4.74 Å². The Balaban J connectivity index is 2.02. The standard InChI is InChI=1S/C18H22N6O3/c1-13(2)18(3,11-19)21-16(25)10-27-17(26)15(24-12-20-22-23-24)9-14-7-5-4-6-8-14/h4-8,12-13,15H,9-10H2,1-3H3,(H,21,25)/t15-,18+/m0/s1.